The molecule has 0 bridgehead atoms. The second-order valence-corrected chi connectivity index (χ2v) is 6.24. The lowest BCUT2D eigenvalue weighted by Gasteiger charge is -2.25. The van der Waals surface area contributed by atoms with Crippen LogP contribution in [0.3, 0.4) is 0 Å². The monoisotopic (exact) mass is 344 g/mol. The summed E-state index contributed by atoms with van der Waals surface area (Å²) >= 11 is 0. The minimum Gasteiger partial charge on any atom is -0.493 e. The highest BCUT2D eigenvalue weighted by molar-refractivity contribution is 5.54. The summed E-state index contributed by atoms with van der Waals surface area (Å²) in [5, 5.41) is 0. The second-order valence-electron chi connectivity index (χ2n) is 6.24. The van der Waals surface area contributed by atoms with E-state index in [0.29, 0.717) is 29.0 Å². The smallest absolute Gasteiger partial charge is 0.222 e. The molecule has 0 saturated heterocycles. The van der Waals surface area contributed by atoms with Gasteiger partial charge in [-0.1, -0.05) is 0 Å². The van der Waals surface area contributed by atoms with Crippen LogP contribution in [0.2, 0.25) is 0 Å². The van der Waals surface area contributed by atoms with Crippen molar-refractivity contribution in [1.82, 2.24) is 9.97 Å². The molecule has 4 N–H and O–H groups in total. The Kier molecular flexibility index (Phi) is 4.83. The van der Waals surface area contributed by atoms with Crippen molar-refractivity contribution in [3.8, 4) is 17.2 Å². The molecule has 1 aromatic carbocycles. The summed E-state index contributed by atoms with van der Waals surface area (Å²) in [6, 6.07) is 4.00. The van der Waals surface area contributed by atoms with Crippen LogP contribution in [0, 0.1) is 5.92 Å². The third-order valence-corrected chi connectivity index (χ3v) is 4.67. The van der Waals surface area contributed by atoms with Crippen LogP contribution >= 0.6 is 0 Å². The summed E-state index contributed by atoms with van der Waals surface area (Å²) in [5.74, 6) is 3.14. The number of hydrogen-bond acceptors (Lipinski definition) is 7. The number of benzene rings is 1. The fourth-order valence-electron chi connectivity index (χ4n) is 3.49. The number of hydrogen-bond donors (Lipinski definition) is 2. The van der Waals surface area contributed by atoms with E-state index in [1.807, 2.05) is 12.1 Å². The molecule has 1 aromatic heterocycles. The van der Waals surface area contributed by atoms with Crippen molar-refractivity contribution in [3.05, 3.63) is 29.0 Å². The van der Waals surface area contributed by atoms with Crippen LogP contribution < -0.4 is 25.7 Å². The third kappa shape index (κ3) is 3.40. The van der Waals surface area contributed by atoms with E-state index in [0.717, 1.165) is 42.5 Å². The second kappa shape index (κ2) is 7.04. The van der Waals surface area contributed by atoms with E-state index in [1.165, 1.54) is 0 Å². The summed E-state index contributed by atoms with van der Waals surface area (Å²) in [7, 11) is 4.85. The summed E-state index contributed by atoms with van der Waals surface area (Å²) < 4.78 is 16.3. The molecule has 0 radical (unpaired) electrons. The Morgan fingerprint density at radius 2 is 1.72 bits per heavy atom. The molecule has 7 nitrogen and oxygen atoms in total. The average Bonchev–Trinajstić information content (AvgIpc) is 2.61. The molecule has 0 spiro atoms. The van der Waals surface area contributed by atoms with E-state index in [2.05, 4.69) is 9.97 Å². The largest absolute Gasteiger partial charge is 0.493 e. The van der Waals surface area contributed by atoms with Crippen LogP contribution in [0.15, 0.2) is 12.1 Å². The van der Waals surface area contributed by atoms with E-state index >= 15 is 0 Å². The Morgan fingerprint density at radius 1 is 1.04 bits per heavy atom. The maximum Gasteiger partial charge on any atom is 0.222 e. The van der Waals surface area contributed by atoms with Crippen molar-refractivity contribution in [2.45, 2.75) is 25.7 Å². The van der Waals surface area contributed by atoms with Crippen LogP contribution in [0.5, 0.6) is 17.2 Å². The van der Waals surface area contributed by atoms with Gasteiger partial charge in [0.15, 0.2) is 11.5 Å². The van der Waals surface area contributed by atoms with Crippen molar-refractivity contribution < 1.29 is 14.2 Å². The highest BCUT2D eigenvalue weighted by Gasteiger charge is 2.24. The van der Waals surface area contributed by atoms with Gasteiger partial charge in [-0.3, -0.25) is 0 Å². The first-order chi connectivity index (χ1) is 12.0. The molecule has 25 heavy (non-hydrogen) atoms. The van der Waals surface area contributed by atoms with Crippen LogP contribution in [-0.4, -0.2) is 31.3 Å². The van der Waals surface area contributed by atoms with Gasteiger partial charge in [0.25, 0.3) is 0 Å². The molecule has 0 fully saturated rings. The van der Waals surface area contributed by atoms with Gasteiger partial charge in [0, 0.05) is 5.56 Å². The lowest BCUT2D eigenvalue weighted by Crippen LogP contribution is -2.20. The first kappa shape index (κ1) is 17.1. The Labute approximate surface area is 147 Å². The zero-order valence-electron chi connectivity index (χ0n) is 14.8. The Morgan fingerprint density at radius 3 is 2.32 bits per heavy atom. The topological polar surface area (TPSA) is 106 Å². The molecule has 1 aliphatic carbocycles. The molecule has 2 aromatic rings. The van der Waals surface area contributed by atoms with Crippen molar-refractivity contribution in [1.29, 1.82) is 0 Å². The number of nitrogen functional groups attached to an aromatic ring is 2. The van der Waals surface area contributed by atoms with Crippen LogP contribution in [-0.2, 0) is 19.3 Å². The van der Waals surface area contributed by atoms with Crippen molar-refractivity contribution in [2.24, 2.45) is 5.92 Å². The summed E-state index contributed by atoms with van der Waals surface area (Å²) in [5.41, 5.74) is 14.9. The first-order valence-electron chi connectivity index (χ1n) is 8.25. The van der Waals surface area contributed by atoms with Gasteiger partial charge < -0.3 is 25.7 Å². The molecule has 0 saturated carbocycles. The van der Waals surface area contributed by atoms with Crippen LogP contribution in [0.25, 0.3) is 0 Å². The van der Waals surface area contributed by atoms with Crippen LogP contribution in [0.1, 0.15) is 23.2 Å². The first-order valence-corrected chi connectivity index (χ1v) is 8.25. The summed E-state index contributed by atoms with van der Waals surface area (Å²) in [6.07, 6.45) is 3.62. The van der Waals surface area contributed by atoms with Crippen LogP contribution in [0.4, 0.5) is 11.8 Å². The number of nitrogens with two attached hydrogens (primary N) is 2. The predicted molar refractivity (Wildman–Crippen MR) is 96.2 cm³/mol. The number of methoxy groups -OCH3 is 3. The number of nitrogens with zero attached hydrogens (tertiary/aromatic N) is 2. The SMILES string of the molecule is COc1cc(C[C@@H]2CCc3nc(N)nc(N)c3C2)cc(OC)c1OC. The Balaban J connectivity index is 1.83. The number of rotatable bonds is 5. The number of aromatic nitrogens is 2. The van der Waals surface area contributed by atoms with E-state index in [1.54, 1.807) is 21.3 Å². The van der Waals surface area contributed by atoms with Gasteiger partial charge in [0.1, 0.15) is 5.82 Å². The van der Waals surface area contributed by atoms with E-state index in [-0.39, 0.29) is 5.95 Å². The maximum atomic E-state index is 6.04. The lowest BCUT2D eigenvalue weighted by molar-refractivity contribution is 0.323. The normalized spacial score (nSPS) is 16.2. The highest BCUT2D eigenvalue weighted by Crippen LogP contribution is 2.39. The molecule has 134 valence electrons. The molecule has 0 unspecified atom stereocenters. The summed E-state index contributed by atoms with van der Waals surface area (Å²) in [6.45, 7) is 0. The minimum absolute atomic E-state index is 0.249. The van der Waals surface area contributed by atoms with E-state index < -0.39 is 0 Å². The average molecular weight is 344 g/mol. The van der Waals surface area contributed by atoms with Gasteiger partial charge in [-0.05, 0) is 49.3 Å². The van der Waals surface area contributed by atoms with Gasteiger partial charge in [0.05, 0.1) is 27.0 Å². The highest BCUT2D eigenvalue weighted by atomic mass is 16.5. The molecule has 1 aliphatic rings. The van der Waals surface area contributed by atoms with E-state index in [4.69, 9.17) is 25.7 Å². The zero-order chi connectivity index (χ0) is 18.0. The van der Waals surface area contributed by atoms with Gasteiger partial charge in [-0.2, -0.15) is 4.98 Å². The molecular formula is C18H24N4O3. The van der Waals surface area contributed by atoms with E-state index in [9.17, 15) is 0 Å². The number of aryl methyl sites for hydroxylation is 1. The third-order valence-electron chi connectivity index (χ3n) is 4.67. The van der Waals surface area contributed by atoms with Gasteiger partial charge in [-0.15, -0.1) is 0 Å². The fraction of sp³-hybridized carbons (Fsp3) is 0.444. The molecule has 1 heterocycles. The number of anilines is 2. The van der Waals surface area contributed by atoms with Crippen molar-refractivity contribution >= 4 is 11.8 Å². The van der Waals surface area contributed by atoms with Crippen molar-refractivity contribution in [2.75, 3.05) is 32.8 Å². The standard InChI is InChI=1S/C18H24N4O3/c1-23-14-8-11(9-15(24-2)16(14)25-3)6-10-4-5-13-12(7-10)17(19)22-18(20)21-13/h8-10H,4-7H2,1-3H3,(H4,19,20,21,22)/t10-/m0/s1. The molecule has 7 heteroatoms. The Bertz CT molecular complexity index is 754. The number of ether oxygens (including phenoxy) is 3. The number of fused-ring (bicyclic) bond motifs is 1. The summed E-state index contributed by atoms with van der Waals surface area (Å²) in [4.78, 5) is 8.42. The fourth-order valence-corrected chi connectivity index (χ4v) is 3.49. The van der Waals surface area contributed by atoms with Crippen molar-refractivity contribution in [3.63, 3.8) is 0 Å². The lowest BCUT2D eigenvalue weighted by atomic mass is 9.83. The molecule has 1 atom stereocenters. The maximum absolute atomic E-state index is 6.04. The molecule has 0 amide bonds. The molecule has 0 aliphatic heterocycles. The zero-order valence-corrected chi connectivity index (χ0v) is 14.8. The van der Waals surface area contributed by atoms with Gasteiger partial charge in [0.2, 0.25) is 11.7 Å². The molecule has 3 rings (SSSR count). The Hall–Kier alpha value is -2.70. The predicted octanol–water partition coefficient (Wildman–Crippen LogP) is 2.01. The van der Waals surface area contributed by atoms with Gasteiger partial charge in [-0.25, -0.2) is 4.98 Å². The minimum atomic E-state index is 0.249. The van der Waals surface area contributed by atoms with Gasteiger partial charge >= 0.3 is 0 Å². The molecular weight excluding hydrogens is 320 g/mol. The quantitative estimate of drug-likeness (QED) is 0.854.